The van der Waals surface area contributed by atoms with Crippen LogP contribution in [0.4, 0.5) is 19.3 Å². The van der Waals surface area contributed by atoms with Gasteiger partial charge in [0.15, 0.2) is 11.6 Å². The van der Waals surface area contributed by atoms with Gasteiger partial charge in [0.2, 0.25) is 0 Å². The molecule has 1 heterocycles. The molecule has 8 heteroatoms. The summed E-state index contributed by atoms with van der Waals surface area (Å²) in [6, 6.07) is 17.5. The summed E-state index contributed by atoms with van der Waals surface area (Å²) in [5.74, 6) is -2.03. The van der Waals surface area contributed by atoms with Crippen LogP contribution in [0.25, 0.3) is 0 Å². The number of urea groups is 1. The predicted molar refractivity (Wildman–Crippen MR) is 104 cm³/mol. The first kappa shape index (κ1) is 19.1. The number of amides is 2. The van der Waals surface area contributed by atoms with Crippen LogP contribution < -0.4 is 4.90 Å². The van der Waals surface area contributed by atoms with Gasteiger partial charge in [-0.15, -0.1) is 0 Å². The molecule has 0 saturated carbocycles. The van der Waals surface area contributed by atoms with Crippen LogP contribution in [0.3, 0.4) is 0 Å². The van der Waals surface area contributed by atoms with E-state index in [1.807, 2.05) is 0 Å². The van der Waals surface area contributed by atoms with Gasteiger partial charge in [-0.2, -0.15) is 0 Å². The summed E-state index contributed by atoms with van der Waals surface area (Å²) in [6.07, 6.45) is 0. The number of nitrogens with zero attached hydrogens (tertiary/aromatic N) is 2. The average molecular weight is 414 g/mol. The van der Waals surface area contributed by atoms with Crippen molar-refractivity contribution in [3.05, 3.63) is 95.6 Å². The number of fused-ring (bicyclic) bond motifs is 1. The summed E-state index contributed by atoms with van der Waals surface area (Å²) in [5.41, 5.74) is 1.19. The Bertz CT molecular complexity index is 1180. The van der Waals surface area contributed by atoms with Crippen molar-refractivity contribution in [2.24, 2.45) is 0 Å². The molecule has 29 heavy (non-hydrogen) atoms. The highest BCUT2D eigenvalue weighted by atomic mass is 32.2. The first-order valence-corrected chi connectivity index (χ1v) is 10.2. The maximum Gasteiger partial charge on any atom is 0.339 e. The minimum atomic E-state index is -4.06. The standard InChI is InChI=1S/C21H16F2N2O3S/c22-17-11-10-16(12-18(17)23)13-24-19-8-4-5-9-20(19)29(27,28)25(21(24)26)14-15-6-2-1-3-7-15/h1-12H,13-14H2. The Balaban J connectivity index is 1.78. The number of carbonyl (C=O) groups excluding carboxylic acids is 1. The Morgan fingerprint density at radius 1 is 0.759 bits per heavy atom. The van der Waals surface area contributed by atoms with Crippen molar-refractivity contribution in [3.8, 4) is 0 Å². The molecule has 0 aromatic heterocycles. The fraction of sp³-hybridized carbons (Fsp3) is 0.0952. The molecule has 1 aliphatic rings. The Kier molecular flexibility index (Phi) is 4.79. The monoisotopic (exact) mass is 414 g/mol. The van der Waals surface area contributed by atoms with Crippen molar-refractivity contribution >= 4 is 21.7 Å². The number of rotatable bonds is 4. The topological polar surface area (TPSA) is 57.7 Å². The van der Waals surface area contributed by atoms with Crippen molar-refractivity contribution in [2.45, 2.75) is 18.0 Å². The van der Waals surface area contributed by atoms with Gasteiger partial charge in [0.05, 0.1) is 18.8 Å². The van der Waals surface area contributed by atoms with Gasteiger partial charge in [-0.25, -0.2) is 26.3 Å². The maximum absolute atomic E-state index is 13.6. The summed E-state index contributed by atoms with van der Waals surface area (Å²) in [5, 5.41) is 0. The van der Waals surface area contributed by atoms with Gasteiger partial charge < -0.3 is 0 Å². The molecule has 0 fully saturated rings. The van der Waals surface area contributed by atoms with Gasteiger partial charge in [-0.05, 0) is 35.4 Å². The lowest BCUT2D eigenvalue weighted by atomic mass is 10.2. The Morgan fingerprint density at radius 3 is 2.17 bits per heavy atom. The van der Waals surface area contributed by atoms with E-state index in [0.717, 1.165) is 16.4 Å². The van der Waals surface area contributed by atoms with E-state index in [2.05, 4.69) is 0 Å². The van der Waals surface area contributed by atoms with E-state index in [4.69, 9.17) is 0 Å². The number of carbonyl (C=O) groups is 1. The first-order chi connectivity index (χ1) is 13.9. The third kappa shape index (κ3) is 3.47. The molecule has 0 unspecified atom stereocenters. The zero-order valence-corrected chi connectivity index (χ0v) is 15.9. The van der Waals surface area contributed by atoms with E-state index < -0.39 is 27.7 Å². The largest absolute Gasteiger partial charge is 0.339 e. The van der Waals surface area contributed by atoms with Gasteiger partial charge in [0.25, 0.3) is 10.0 Å². The Labute approximate surface area is 166 Å². The smallest absolute Gasteiger partial charge is 0.288 e. The lowest BCUT2D eigenvalue weighted by molar-refractivity contribution is 0.226. The van der Waals surface area contributed by atoms with E-state index in [0.29, 0.717) is 11.1 Å². The lowest BCUT2D eigenvalue weighted by Crippen LogP contribution is -2.49. The lowest BCUT2D eigenvalue weighted by Gasteiger charge is -2.36. The second kappa shape index (κ2) is 7.29. The summed E-state index contributed by atoms with van der Waals surface area (Å²) < 4.78 is 53.9. The van der Waals surface area contributed by atoms with E-state index >= 15 is 0 Å². The fourth-order valence-corrected chi connectivity index (χ4v) is 4.79. The van der Waals surface area contributed by atoms with Gasteiger partial charge in [0.1, 0.15) is 4.90 Å². The van der Waals surface area contributed by atoms with Crippen LogP contribution in [-0.4, -0.2) is 18.8 Å². The van der Waals surface area contributed by atoms with E-state index in [9.17, 15) is 22.0 Å². The number of benzene rings is 3. The molecule has 1 aliphatic heterocycles. The summed E-state index contributed by atoms with van der Waals surface area (Å²) >= 11 is 0. The Hall–Kier alpha value is -3.26. The molecule has 3 aromatic rings. The molecule has 0 aliphatic carbocycles. The Morgan fingerprint density at radius 2 is 1.45 bits per heavy atom. The van der Waals surface area contributed by atoms with Crippen molar-refractivity contribution in [1.82, 2.24) is 4.31 Å². The number of hydrogen-bond donors (Lipinski definition) is 0. The molecule has 0 spiro atoms. The first-order valence-electron chi connectivity index (χ1n) is 8.79. The van der Waals surface area contributed by atoms with Gasteiger partial charge in [0, 0.05) is 0 Å². The number of para-hydroxylation sites is 1. The highest BCUT2D eigenvalue weighted by molar-refractivity contribution is 7.90. The van der Waals surface area contributed by atoms with Crippen LogP contribution in [0.15, 0.2) is 77.7 Å². The van der Waals surface area contributed by atoms with Crippen LogP contribution in [0, 0.1) is 11.6 Å². The molecule has 3 aromatic carbocycles. The highest BCUT2D eigenvalue weighted by Crippen LogP contribution is 2.36. The molecule has 0 saturated heterocycles. The second-order valence-corrected chi connectivity index (χ2v) is 8.41. The van der Waals surface area contributed by atoms with Gasteiger partial charge in [-0.3, -0.25) is 4.90 Å². The molecule has 4 rings (SSSR count). The molecular weight excluding hydrogens is 398 g/mol. The molecular formula is C21H16F2N2O3S. The molecule has 0 N–H and O–H groups in total. The third-order valence-electron chi connectivity index (χ3n) is 4.66. The fourth-order valence-electron chi connectivity index (χ4n) is 3.23. The quantitative estimate of drug-likeness (QED) is 0.640. The number of anilines is 1. The average Bonchev–Trinajstić information content (AvgIpc) is 2.72. The molecule has 5 nitrogen and oxygen atoms in total. The minimum absolute atomic E-state index is 0.0156. The normalized spacial score (nSPS) is 15.3. The van der Waals surface area contributed by atoms with Crippen molar-refractivity contribution in [3.63, 3.8) is 0 Å². The van der Waals surface area contributed by atoms with Crippen LogP contribution in [0.1, 0.15) is 11.1 Å². The number of sulfonamides is 1. The van der Waals surface area contributed by atoms with Crippen LogP contribution in [0.5, 0.6) is 0 Å². The van der Waals surface area contributed by atoms with E-state index in [1.54, 1.807) is 42.5 Å². The van der Waals surface area contributed by atoms with Gasteiger partial charge >= 0.3 is 6.03 Å². The highest BCUT2D eigenvalue weighted by Gasteiger charge is 2.41. The molecule has 2 amide bonds. The second-order valence-electron chi connectivity index (χ2n) is 6.58. The van der Waals surface area contributed by atoms with Crippen molar-refractivity contribution < 1.29 is 22.0 Å². The molecule has 0 atom stereocenters. The third-order valence-corrected chi connectivity index (χ3v) is 6.43. The van der Waals surface area contributed by atoms with Crippen molar-refractivity contribution in [1.29, 1.82) is 0 Å². The summed E-state index contributed by atoms with van der Waals surface area (Å²) in [4.78, 5) is 14.4. The molecule has 0 bridgehead atoms. The predicted octanol–water partition coefficient (Wildman–Crippen LogP) is 4.30. The zero-order valence-electron chi connectivity index (χ0n) is 15.1. The van der Waals surface area contributed by atoms with Crippen LogP contribution >= 0.6 is 0 Å². The van der Waals surface area contributed by atoms with Crippen LogP contribution in [-0.2, 0) is 23.1 Å². The number of halogens is 2. The summed E-state index contributed by atoms with van der Waals surface area (Å²) in [7, 11) is -4.06. The maximum atomic E-state index is 13.6. The van der Waals surface area contributed by atoms with Crippen LogP contribution in [0.2, 0.25) is 0 Å². The summed E-state index contributed by atoms with van der Waals surface area (Å²) in [6.45, 7) is -0.238. The van der Waals surface area contributed by atoms with Crippen molar-refractivity contribution in [2.75, 3.05) is 4.90 Å². The van der Waals surface area contributed by atoms with E-state index in [-0.39, 0.29) is 23.7 Å². The zero-order chi connectivity index (χ0) is 20.6. The van der Waals surface area contributed by atoms with E-state index in [1.165, 1.54) is 23.1 Å². The van der Waals surface area contributed by atoms with Gasteiger partial charge in [-0.1, -0.05) is 48.5 Å². The SMILES string of the molecule is O=C1N(Cc2ccc(F)c(F)c2)c2ccccc2S(=O)(=O)N1Cc1ccccc1. The molecule has 148 valence electrons. The minimum Gasteiger partial charge on any atom is -0.288 e. The molecule has 0 radical (unpaired) electrons. The number of hydrogen-bond acceptors (Lipinski definition) is 3.